The number of aliphatic carboxylic acids is 1. The van der Waals surface area contributed by atoms with Crippen molar-refractivity contribution in [3.8, 4) is 0 Å². The smallest absolute Gasteiger partial charge is 0.308 e. The van der Waals surface area contributed by atoms with Crippen molar-refractivity contribution in [2.75, 3.05) is 0 Å². The standard InChI is InChI=1S/C11H12N2O4/c14-10(8-3-4-17-12-8)13-6-1-2-9(13)7(5-6)11(15)16/h3-4,6-7,9H,1-2,5H2,(H,15,16). The first kappa shape index (κ1) is 10.3. The summed E-state index contributed by atoms with van der Waals surface area (Å²) >= 11 is 0. The molecule has 0 radical (unpaired) electrons. The van der Waals surface area contributed by atoms with Crippen LogP contribution in [0.5, 0.6) is 0 Å². The molecule has 0 aliphatic carbocycles. The SMILES string of the molecule is O=C(O)C1CC2CCC1N2C(=O)c1ccon1. The molecule has 2 aliphatic heterocycles. The number of fused-ring (bicyclic) bond motifs is 2. The van der Waals surface area contributed by atoms with Crippen molar-refractivity contribution in [3.63, 3.8) is 0 Å². The summed E-state index contributed by atoms with van der Waals surface area (Å²) in [5.41, 5.74) is 0.257. The summed E-state index contributed by atoms with van der Waals surface area (Å²) in [7, 11) is 0. The van der Waals surface area contributed by atoms with E-state index in [4.69, 9.17) is 5.11 Å². The van der Waals surface area contributed by atoms with E-state index < -0.39 is 11.9 Å². The summed E-state index contributed by atoms with van der Waals surface area (Å²) in [5.74, 6) is -1.45. The molecule has 6 nitrogen and oxygen atoms in total. The lowest BCUT2D eigenvalue weighted by atomic mass is 9.89. The number of carbonyl (C=O) groups excluding carboxylic acids is 1. The number of carboxylic acids is 1. The van der Waals surface area contributed by atoms with Gasteiger partial charge in [0.05, 0.1) is 5.92 Å². The highest BCUT2D eigenvalue weighted by Gasteiger charge is 2.51. The van der Waals surface area contributed by atoms with E-state index >= 15 is 0 Å². The lowest BCUT2D eigenvalue weighted by Gasteiger charge is -2.21. The third-order valence-electron chi connectivity index (χ3n) is 3.75. The van der Waals surface area contributed by atoms with Crippen molar-refractivity contribution in [2.45, 2.75) is 31.3 Å². The van der Waals surface area contributed by atoms with Crippen molar-refractivity contribution in [1.29, 1.82) is 0 Å². The minimum Gasteiger partial charge on any atom is -0.481 e. The van der Waals surface area contributed by atoms with Crippen LogP contribution in [0.4, 0.5) is 0 Å². The second-order valence-corrected chi connectivity index (χ2v) is 4.58. The second-order valence-electron chi connectivity index (χ2n) is 4.58. The van der Waals surface area contributed by atoms with Crippen LogP contribution in [0.15, 0.2) is 16.9 Å². The predicted molar refractivity (Wildman–Crippen MR) is 55.2 cm³/mol. The molecule has 3 unspecified atom stereocenters. The molecule has 90 valence electrons. The van der Waals surface area contributed by atoms with Gasteiger partial charge in [-0.25, -0.2) is 0 Å². The summed E-state index contributed by atoms with van der Waals surface area (Å²) in [4.78, 5) is 24.9. The van der Waals surface area contributed by atoms with E-state index in [0.717, 1.165) is 12.8 Å². The van der Waals surface area contributed by atoms with E-state index in [9.17, 15) is 9.59 Å². The summed E-state index contributed by atoms with van der Waals surface area (Å²) in [6, 6.07) is 1.38. The fourth-order valence-corrected chi connectivity index (χ4v) is 3.03. The van der Waals surface area contributed by atoms with Crippen LogP contribution < -0.4 is 0 Å². The quantitative estimate of drug-likeness (QED) is 0.819. The van der Waals surface area contributed by atoms with Crippen LogP contribution >= 0.6 is 0 Å². The molecule has 2 aliphatic rings. The van der Waals surface area contributed by atoms with E-state index in [0.29, 0.717) is 6.42 Å². The van der Waals surface area contributed by atoms with Gasteiger partial charge in [0.25, 0.3) is 5.91 Å². The maximum Gasteiger partial charge on any atom is 0.308 e. The highest BCUT2D eigenvalue weighted by molar-refractivity contribution is 5.93. The zero-order valence-electron chi connectivity index (χ0n) is 9.07. The van der Waals surface area contributed by atoms with Crippen molar-refractivity contribution in [2.24, 2.45) is 5.92 Å². The number of carbonyl (C=O) groups is 2. The van der Waals surface area contributed by atoms with Gasteiger partial charge in [0.2, 0.25) is 0 Å². The van der Waals surface area contributed by atoms with Crippen LogP contribution in [0.25, 0.3) is 0 Å². The molecule has 3 atom stereocenters. The molecule has 0 aromatic carbocycles. The zero-order chi connectivity index (χ0) is 12.0. The number of hydrogen-bond donors (Lipinski definition) is 1. The highest BCUT2D eigenvalue weighted by atomic mass is 16.5. The van der Waals surface area contributed by atoms with Gasteiger partial charge in [0.15, 0.2) is 5.69 Å². The Labute approximate surface area is 97.2 Å². The molecule has 3 heterocycles. The Morgan fingerprint density at radius 1 is 1.47 bits per heavy atom. The van der Waals surface area contributed by atoms with E-state index in [1.807, 2.05) is 0 Å². The van der Waals surface area contributed by atoms with Crippen LogP contribution in [-0.4, -0.2) is 39.1 Å². The minimum absolute atomic E-state index is 0.0466. The van der Waals surface area contributed by atoms with Crippen molar-refractivity contribution in [1.82, 2.24) is 10.1 Å². The first-order valence-corrected chi connectivity index (χ1v) is 5.64. The Morgan fingerprint density at radius 2 is 2.29 bits per heavy atom. The average molecular weight is 236 g/mol. The molecular formula is C11H12N2O4. The first-order valence-electron chi connectivity index (χ1n) is 5.64. The highest BCUT2D eigenvalue weighted by Crippen LogP contribution is 2.42. The molecule has 1 aromatic heterocycles. The maximum atomic E-state index is 12.1. The Kier molecular flexibility index (Phi) is 2.17. The number of nitrogens with zero attached hydrogens (tertiary/aromatic N) is 2. The van der Waals surface area contributed by atoms with E-state index in [2.05, 4.69) is 9.68 Å². The molecule has 1 N–H and O–H groups in total. The van der Waals surface area contributed by atoms with Gasteiger partial charge in [-0.3, -0.25) is 9.59 Å². The molecule has 17 heavy (non-hydrogen) atoms. The Morgan fingerprint density at radius 3 is 2.88 bits per heavy atom. The van der Waals surface area contributed by atoms with Crippen LogP contribution in [0, 0.1) is 5.92 Å². The number of hydrogen-bond acceptors (Lipinski definition) is 4. The maximum absolute atomic E-state index is 12.1. The summed E-state index contributed by atoms with van der Waals surface area (Å²) in [6.45, 7) is 0. The van der Waals surface area contributed by atoms with Crippen LogP contribution in [0.3, 0.4) is 0 Å². The summed E-state index contributed by atoms with van der Waals surface area (Å²) in [6.07, 6.45) is 3.56. The van der Waals surface area contributed by atoms with E-state index in [1.165, 1.54) is 12.3 Å². The molecule has 1 amide bonds. The molecule has 2 fully saturated rings. The van der Waals surface area contributed by atoms with Gasteiger partial charge >= 0.3 is 5.97 Å². The molecule has 1 aromatic rings. The molecule has 6 heteroatoms. The fourth-order valence-electron chi connectivity index (χ4n) is 3.03. The van der Waals surface area contributed by atoms with Crippen LogP contribution in [0.1, 0.15) is 29.8 Å². The summed E-state index contributed by atoms with van der Waals surface area (Å²) < 4.78 is 4.65. The Bertz CT molecular complexity index is 456. The molecule has 2 saturated heterocycles. The van der Waals surface area contributed by atoms with Gasteiger partial charge < -0.3 is 14.5 Å². The van der Waals surface area contributed by atoms with Gasteiger partial charge in [-0.15, -0.1) is 0 Å². The fraction of sp³-hybridized carbons (Fsp3) is 0.545. The van der Waals surface area contributed by atoms with E-state index in [1.54, 1.807) is 4.90 Å². The van der Waals surface area contributed by atoms with Crippen molar-refractivity contribution >= 4 is 11.9 Å². The Balaban J connectivity index is 1.86. The van der Waals surface area contributed by atoms with Gasteiger partial charge in [-0.1, -0.05) is 5.16 Å². The molecule has 2 bridgehead atoms. The lowest BCUT2D eigenvalue weighted by molar-refractivity contribution is -0.142. The summed E-state index contributed by atoms with van der Waals surface area (Å²) in [5, 5.41) is 12.7. The first-order chi connectivity index (χ1) is 8.18. The van der Waals surface area contributed by atoms with E-state index in [-0.39, 0.29) is 23.7 Å². The predicted octanol–water partition coefficient (Wildman–Crippen LogP) is 0.752. The normalized spacial score (nSPS) is 30.8. The second kappa shape index (κ2) is 3.58. The largest absolute Gasteiger partial charge is 0.481 e. The van der Waals surface area contributed by atoms with Crippen molar-refractivity contribution in [3.05, 3.63) is 18.0 Å². The number of carboxylic acid groups (broad SMARTS) is 1. The minimum atomic E-state index is -0.810. The number of aromatic nitrogens is 1. The topological polar surface area (TPSA) is 83.6 Å². The monoisotopic (exact) mass is 236 g/mol. The Hall–Kier alpha value is -1.85. The third-order valence-corrected chi connectivity index (χ3v) is 3.75. The van der Waals surface area contributed by atoms with Crippen LogP contribution in [0.2, 0.25) is 0 Å². The van der Waals surface area contributed by atoms with Gasteiger partial charge in [-0.2, -0.15) is 0 Å². The molecule has 3 rings (SSSR count). The average Bonchev–Trinajstić information content (AvgIpc) is 3.03. The van der Waals surface area contributed by atoms with Gasteiger partial charge in [0.1, 0.15) is 6.26 Å². The number of rotatable bonds is 2. The zero-order valence-corrected chi connectivity index (χ0v) is 9.07. The third kappa shape index (κ3) is 1.44. The van der Waals surface area contributed by atoms with Gasteiger partial charge in [0, 0.05) is 18.2 Å². The van der Waals surface area contributed by atoms with Crippen LogP contribution in [-0.2, 0) is 4.79 Å². The lowest BCUT2D eigenvalue weighted by Crippen LogP contribution is -2.38. The van der Waals surface area contributed by atoms with Gasteiger partial charge in [-0.05, 0) is 19.3 Å². The molecule has 0 spiro atoms. The molecule has 0 saturated carbocycles. The number of amides is 1. The van der Waals surface area contributed by atoms with Crippen molar-refractivity contribution < 1.29 is 19.2 Å². The molecular weight excluding hydrogens is 224 g/mol.